The first-order valence-electron chi connectivity index (χ1n) is 10.2. The molecule has 1 atom stereocenters. The van der Waals surface area contributed by atoms with Crippen LogP contribution < -0.4 is 14.4 Å². The molecule has 5 rings (SSSR count). The molecule has 2 N–H and O–H groups in total. The Morgan fingerprint density at radius 2 is 1.84 bits per heavy atom. The van der Waals surface area contributed by atoms with Crippen LogP contribution in [0.1, 0.15) is 24.6 Å². The Morgan fingerprint density at radius 3 is 2.42 bits per heavy atom. The molecule has 8 nitrogen and oxygen atoms in total. The summed E-state index contributed by atoms with van der Waals surface area (Å²) in [6, 6.07) is 13.2. The van der Waals surface area contributed by atoms with Gasteiger partial charge in [0.2, 0.25) is 0 Å². The maximum atomic E-state index is 13.8. The van der Waals surface area contributed by atoms with Gasteiger partial charge >= 0.3 is 0 Å². The number of para-hydroxylation sites is 2. The van der Waals surface area contributed by atoms with Crippen molar-refractivity contribution in [2.45, 2.75) is 30.4 Å². The number of aliphatic imine (C=N–C) groups is 1. The first-order chi connectivity index (χ1) is 15.0. The molecule has 0 amide bonds. The van der Waals surface area contributed by atoms with E-state index in [9.17, 15) is 9.90 Å². The van der Waals surface area contributed by atoms with Crippen LogP contribution in [0.15, 0.2) is 47.5 Å². The number of Topliss-reactive ketones (excluding diaryl/α,β-unsaturated/α-hetero) is 1. The van der Waals surface area contributed by atoms with Crippen molar-refractivity contribution in [3.8, 4) is 11.5 Å². The monoisotopic (exact) mass is 420 g/mol. The van der Waals surface area contributed by atoms with Gasteiger partial charge in [-0.1, -0.05) is 12.1 Å². The van der Waals surface area contributed by atoms with Crippen molar-refractivity contribution < 1.29 is 19.4 Å². The van der Waals surface area contributed by atoms with E-state index in [0.29, 0.717) is 36.0 Å². The minimum absolute atomic E-state index is 0.0146. The largest absolute Gasteiger partial charge is 0.497 e. The van der Waals surface area contributed by atoms with Crippen LogP contribution in [0, 0.1) is 0 Å². The number of amidine groups is 1. The number of rotatable bonds is 4. The Morgan fingerprint density at radius 1 is 1.16 bits per heavy atom. The molecule has 160 valence electrons. The number of ether oxygens (including phenoxy) is 2. The van der Waals surface area contributed by atoms with Crippen LogP contribution in [0.3, 0.4) is 0 Å². The molecule has 2 fully saturated rings. The predicted molar refractivity (Wildman–Crippen MR) is 117 cm³/mol. The summed E-state index contributed by atoms with van der Waals surface area (Å²) in [5, 5.41) is 10.2. The van der Waals surface area contributed by atoms with Crippen molar-refractivity contribution >= 4 is 28.3 Å². The summed E-state index contributed by atoms with van der Waals surface area (Å²) in [6.07, 6.45) is 0.133. The van der Waals surface area contributed by atoms with Crippen LogP contribution in [0.4, 0.5) is 5.69 Å². The second-order valence-corrected chi connectivity index (χ2v) is 8.02. The molecule has 0 bridgehead atoms. The number of anilines is 1. The number of methoxy groups -OCH3 is 2. The van der Waals surface area contributed by atoms with Crippen LogP contribution in [-0.4, -0.2) is 59.6 Å². The van der Waals surface area contributed by atoms with E-state index in [2.05, 4.69) is 15.0 Å². The van der Waals surface area contributed by atoms with E-state index in [0.717, 1.165) is 16.7 Å². The molecular weight excluding hydrogens is 396 g/mol. The van der Waals surface area contributed by atoms with Gasteiger partial charge in [0, 0.05) is 38.1 Å². The van der Waals surface area contributed by atoms with Gasteiger partial charge < -0.3 is 24.5 Å². The number of aliphatic hydroxyl groups excluding tert-OH is 1. The highest BCUT2D eigenvalue weighted by atomic mass is 16.5. The van der Waals surface area contributed by atoms with Gasteiger partial charge in [0.05, 0.1) is 37.0 Å². The van der Waals surface area contributed by atoms with Crippen molar-refractivity contribution in [2.24, 2.45) is 4.99 Å². The number of fused-ring (bicyclic) bond motifs is 1. The summed E-state index contributed by atoms with van der Waals surface area (Å²) in [5.74, 6) is 1.71. The summed E-state index contributed by atoms with van der Waals surface area (Å²) in [7, 11) is 4.85. The molecule has 1 spiro atoms. The lowest BCUT2D eigenvalue weighted by Gasteiger charge is -2.47. The van der Waals surface area contributed by atoms with Crippen LogP contribution in [-0.2, 0) is 4.79 Å². The standard InChI is InChI=1S/C23H24N4O4/c1-24-22-19(21-25-17-6-4-5-7-18(17)26-21)20(29)23(11-14(28)12-23)27(22)13-8-15(30-2)10-16(9-13)31-3/h4-10,14,19,28H,11-12H2,1-3H3,(H,25,26). The Labute approximate surface area is 179 Å². The number of ketones is 1. The lowest BCUT2D eigenvalue weighted by Crippen LogP contribution is -2.61. The number of aromatic nitrogens is 2. The van der Waals surface area contributed by atoms with E-state index in [1.165, 1.54) is 0 Å². The Bertz CT molecular complexity index is 1140. The van der Waals surface area contributed by atoms with Gasteiger partial charge in [0.25, 0.3) is 0 Å². The summed E-state index contributed by atoms with van der Waals surface area (Å²) >= 11 is 0. The fourth-order valence-electron chi connectivity index (χ4n) is 4.83. The third-order valence-corrected chi connectivity index (χ3v) is 6.29. The molecule has 1 saturated heterocycles. The number of aromatic amines is 1. The second kappa shape index (κ2) is 7.09. The lowest BCUT2D eigenvalue weighted by atomic mass is 9.70. The predicted octanol–water partition coefficient (Wildman–Crippen LogP) is 2.67. The number of carbonyl (C=O) groups is 1. The zero-order chi connectivity index (χ0) is 21.8. The van der Waals surface area contributed by atoms with Gasteiger partial charge in [0.15, 0.2) is 5.78 Å². The molecule has 2 aromatic carbocycles. The van der Waals surface area contributed by atoms with Crippen LogP contribution in [0.25, 0.3) is 11.0 Å². The number of benzene rings is 2. The van der Waals surface area contributed by atoms with E-state index >= 15 is 0 Å². The average molecular weight is 420 g/mol. The summed E-state index contributed by atoms with van der Waals surface area (Å²) < 4.78 is 10.9. The third kappa shape index (κ3) is 2.82. The second-order valence-electron chi connectivity index (χ2n) is 8.02. The fourth-order valence-corrected chi connectivity index (χ4v) is 4.83. The van der Waals surface area contributed by atoms with Gasteiger partial charge in [0.1, 0.15) is 34.6 Å². The molecule has 0 radical (unpaired) electrons. The molecule has 1 aliphatic carbocycles. The Balaban J connectivity index is 1.68. The minimum Gasteiger partial charge on any atom is -0.497 e. The first kappa shape index (κ1) is 19.6. The first-order valence-corrected chi connectivity index (χ1v) is 10.2. The van der Waals surface area contributed by atoms with E-state index in [1.54, 1.807) is 27.3 Å². The van der Waals surface area contributed by atoms with Crippen LogP contribution in [0.2, 0.25) is 0 Å². The third-order valence-electron chi connectivity index (χ3n) is 6.29. The van der Waals surface area contributed by atoms with Gasteiger partial charge in [-0.25, -0.2) is 4.98 Å². The highest BCUT2D eigenvalue weighted by molar-refractivity contribution is 6.27. The van der Waals surface area contributed by atoms with Crippen LogP contribution in [0.5, 0.6) is 11.5 Å². The minimum atomic E-state index is -0.880. The summed E-state index contributed by atoms with van der Waals surface area (Å²) in [5.41, 5.74) is 1.51. The number of carbonyl (C=O) groups excluding carboxylic acids is 1. The lowest BCUT2D eigenvalue weighted by molar-refractivity contribution is -0.129. The van der Waals surface area contributed by atoms with Crippen LogP contribution >= 0.6 is 0 Å². The Kier molecular flexibility index (Phi) is 4.48. The zero-order valence-electron chi connectivity index (χ0n) is 17.6. The highest BCUT2D eigenvalue weighted by Gasteiger charge is 2.64. The average Bonchev–Trinajstić information content (AvgIpc) is 3.29. The zero-order valence-corrected chi connectivity index (χ0v) is 17.6. The Hall–Kier alpha value is -3.39. The van der Waals surface area contributed by atoms with Gasteiger partial charge in [-0.15, -0.1) is 0 Å². The van der Waals surface area contributed by atoms with Crippen molar-refractivity contribution in [1.82, 2.24) is 9.97 Å². The molecule has 1 saturated carbocycles. The number of H-pyrrole nitrogens is 1. The molecular formula is C23H24N4O4. The number of nitrogens with zero attached hydrogens (tertiary/aromatic N) is 3. The fraction of sp³-hybridized carbons (Fsp3) is 0.348. The van der Waals surface area contributed by atoms with E-state index < -0.39 is 17.6 Å². The number of hydrogen-bond donors (Lipinski definition) is 2. The van der Waals surface area contributed by atoms with E-state index in [4.69, 9.17) is 9.47 Å². The van der Waals surface area contributed by atoms with Crippen molar-refractivity contribution in [2.75, 3.05) is 26.2 Å². The SMILES string of the molecule is CN=C1C(c2nc3ccccc3[nH]2)C(=O)C2(CC(O)C2)N1c1cc(OC)cc(OC)c1. The van der Waals surface area contributed by atoms with Gasteiger partial charge in [-0.3, -0.25) is 9.79 Å². The summed E-state index contributed by atoms with van der Waals surface area (Å²) in [4.78, 5) is 28.3. The number of aliphatic hydroxyl groups is 1. The van der Waals surface area contributed by atoms with E-state index in [1.807, 2.05) is 41.3 Å². The molecule has 1 aromatic heterocycles. The van der Waals surface area contributed by atoms with Crippen molar-refractivity contribution in [3.05, 3.63) is 48.3 Å². The maximum Gasteiger partial charge on any atom is 0.177 e. The van der Waals surface area contributed by atoms with Gasteiger partial charge in [-0.2, -0.15) is 0 Å². The number of nitrogens with one attached hydrogen (secondary N) is 1. The smallest absolute Gasteiger partial charge is 0.177 e. The highest BCUT2D eigenvalue weighted by Crippen LogP contribution is 2.51. The number of imidazole rings is 1. The van der Waals surface area contributed by atoms with E-state index in [-0.39, 0.29) is 5.78 Å². The molecule has 3 aromatic rings. The molecule has 8 heteroatoms. The topological polar surface area (TPSA) is 100 Å². The molecule has 1 unspecified atom stereocenters. The molecule has 31 heavy (non-hydrogen) atoms. The summed E-state index contributed by atoms with van der Waals surface area (Å²) in [6.45, 7) is 0. The van der Waals surface area contributed by atoms with Crippen molar-refractivity contribution in [1.29, 1.82) is 0 Å². The maximum absolute atomic E-state index is 13.8. The van der Waals surface area contributed by atoms with Gasteiger partial charge in [-0.05, 0) is 12.1 Å². The molecule has 2 heterocycles. The van der Waals surface area contributed by atoms with Crippen molar-refractivity contribution in [3.63, 3.8) is 0 Å². The molecule has 1 aliphatic heterocycles. The molecule has 2 aliphatic rings. The normalized spacial score (nSPS) is 26.6. The quantitative estimate of drug-likeness (QED) is 0.673. The number of hydrogen-bond acceptors (Lipinski definition) is 6.